The Bertz CT molecular complexity index is 513. The second-order valence-electron chi connectivity index (χ2n) is 4.36. The number of carbonyl (C=O) groups is 1. The lowest BCUT2D eigenvalue weighted by molar-refractivity contribution is -0.119. The highest BCUT2D eigenvalue weighted by Gasteiger charge is 2.21. The lowest BCUT2D eigenvalue weighted by atomic mass is 10.1. The number of amides is 1. The van der Waals surface area contributed by atoms with E-state index < -0.39 is 11.6 Å². The number of rotatable bonds is 4. The Morgan fingerprint density at radius 1 is 1.47 bits per heavy atom. The van der Waals surface area contributed by atoms with Crippen LogP contribution >= 0.6 is 12.2 Å². The largest absolute Gasteiger partial charge is 0.389 e. The molecule has 1 atom stereocenters. The normalized spacial score (nSPS) is 18.2. The van der Waals surface area contributed by atoms with Gasteiger partial charge in [0.2, 0.25) is 5.91 Å². The molecule has 1 unspecified atom stereocenters. The fourth-order valence-electron chi connectivity index (χ4n) is 1.94. The number of nitrogens with one attached hydrogen (secondary N) is 2. The lowest BCUT2D eigenvalue weighted by Crippen LogP contribution is -2.32. The maximum atomic E-state index is 13.7. The van der Waals surface area contributed by atoms with Crippen molar-refractivity contribution >= 4 is 28.8 Å². The van der Waals surface area contributed by atoms with Gasteiger partial charge in [0.1, 0.15) is 22.3 Å². The van der Waals surface area contributed by atoms with Gasteiger partial charge in [-0.3, -0.25) is 4.79 Å². The van der Waals surface area contributed by atoms with Crippen molar-refractivity contribution in [3.05, 3.63) is 29.3 Å². The van der Waals surface area contributed by atoms with E-state index in [-0.39, 0.29) is 34.7 Å². The number of anilines is 1. The molecule has 1 saturated heterocycles. The maximum absolute atomic E-state index is 13.7. The predicted octanol–water partition coefficient (Wildman–Crippen LogP) is 1.29. The summed E-state index contributed by atoms with van der Waals surface area (Å²) in [5.41, 5.74) is 5.23. The first-order valence-electron chi connectivity index (χ1n) is 5.79. The van der Waals surface area contributed by atoms with Crippen LogP contribution in [0, 0.1) is 11.6 Å². The van der Waals surface area contributed by atoms with E-state index in [9.17, 15) is 13.6 Å². The molecule has 1 aromatic carbocycles. The molecule has 4 nitrogen and oxygen atoms in total. The van der Waals surface area contributed by atoms with E-state index in [1.165, 1.54) is 0 Å². The summed E-state index contributed by atoms with van der Waals surface area (Å²) >= 11 is 4.67. The smallest absolute Gasteiger partial charge is 0.220 e. The lowest BCUT2D eigenvalue weighted by Gasteiger charge is -2.14. The first kappa shape index (κ1) is 13.7. The molecule has 0 aliphatic carbocycles. The molecule has 1 aliphatic rings. The summed E-state index contributed by atoms with van der Waals surface area (Å²) in [6.45, 7) is 0.270. The Morgan fingerprint density at radius 3 is 2.58 bits per heavy atom. The van der Waals surface area contributed by atoms with Crippen molar-refractivity contribution < 1.29 is 13.6 Å². The van der Waals surface area contributed by atoms with Gasteiger partial charge < -0.3 is 16.4 Å². The molecule has 1 amide bonds. The molecule has 19 heavy (non-hydrogen) atoms. The number of carbonyl (C=O) groups excluding carboxylic acids is 1. The van der Waals surface area contributed by atoms with Crippen molar-refractivity contribution in [1.82, 2.24) is 5.32 Å². The summed E-state index contributed by atoms with van der Waals surface area (Å²) in [7, 11) is 0. The van der Waals surface area contributed by atoms with E-state index in [4.69, 9.17) is 5.73 Å². The Balaban J connectivity index is 2.08. The zero-order valence-corrected chi connectivity index (χ0v) is 10.8. The number of nitrogens with two attached hydrogens (primary N) is 1. The molecular formula is C12H13F2N3OS. The zero-order valence-electron chi connectivity index (χ0n) is 10.0. The third-order valence-electron chi connectivity index (χ3n) is 2.94. The average Bonchev–Trinajstić information content (AvgIpc) is 2.73. The Labute approximate surface area is 114 Å². The Kier molecular flexibility index (Phi) is 3.94. The molecule has 1 aliphatic heterocycles. The Morgan fingerprint density at radius 2 is 2.11 bits per heavy atom. The number of halogens is 2. The highest BCUT2D eigenvalue weighted by molar-refractivity contribution is 7.80. The quantitative estimate of drug-likeness (QED) is 0.729. The zero-order chi connectivity index (χ0) is 14.0. The maximum Gasteiger partial charge on any atom is 0.220 e. The molecule has 0 saturated carbocycles. The highest BCUT2D eigenvalue weighted by Crippen LogP contribution is 2.21. The van der Waals surface area contributed by atoms with Gasteiger partial charge >= 0.3 is 0 Å². The van der Waals surface area contributed by atoms with Gasteiger partial charge in [0, 0.05) is 24.6 Å². The van der Waals surface area contributed by atoms with Crippen LogP contribution in [0.15, 0.2) is 12.1 Å². The van der Waals surface area contributed by atoms with Gasteiger partial charge in [0.15, 0.2) is 0 Å². The van der Waals surface area contributed by atoms with Crippen LogP contribution in [0.2, 0.25) is 0 Å². The monoisotopic (exact) mass is 285 g/mol. The van der Waals surface area contributed by atoms with E-state index in [1.54, 1.807) is 0 Å². The molecule has 1 fully saturated rings. The Hall–Kier alpha value is -1.76. The minimum Gasteiger partial charge on any atom is -0.389 e. The van der Waals surface area contributed by atoms with Gasteiger partial charge in [0.05, 0.1) is 0 Å². The van der Waals surface area contributed by atoms with Crippen LogP contribution in [0.25, 0.3) is 0 Å². The summed E-state index contributed by atoms with van der Waals surface area (Å²) in [6, 6.07) is 2.06. The van der Waals surface area contributed by atoms with Gasteiger partial charge in [0.25, 0.3) is 0 Å². The van der Waals surface area contributed by atoms with Gasteiger partial charge in [-0.25, -0.2) is 8.78 Å². The molecule has 0 aromatic heterocycles. The fourth-order valence-corrected chi connectivity index (χ4v) is 2.06. The molecule has 7 heteroatoms. The van der Waals surface area contributed by atoms with Gasteiger partial charge in [-0.1, -0.05) is 12.2 Å². The molecule has 2 rings (SSSR count). The van der Waals surface area contributed by atoms with Crippen LogP contribution in [0.3, 0.4) is 0 Å². The van der Waals surface area contributed by atoms with Gasteiger partial charge in [-0.15, -0.1) is 0 Å². The summed E-state index contributed by atoms with van der Waals surface area (Å²) < 4.78 is 27.4. The molecule has 0 bridgehead atoms. The second-order valence-corrected chi connectivity index (χ2v) is 4.80. The van der Waals surface area contributed by atoms with Crippen molar-refractivity contribution in [2.75, 3.05) is 11.9 Å². The molecule has 1 heterocycles. The van der Waals surface area contributed by atoms with E-state index in [0.29, 0.717) is 12.8 Å². The number of hydrogen-bond donors (Lipinski definition) is 3. The number of thiocarbonyl (C=S) groups is 1. The summed E-state index contributed by atoms with van der Waals surface area (Å²) in [5, 5.41) is 5.37. The summed E-state index contributed by atoms with van der Waals surface area (Å²) in [4.78, 5) is 10.9. The van der Waals surface area contributed by atoms with Crippen LogP contribution < -0.4 is 16.4 Å². The summed E-state index contributed by atoms with van der Waals surface area (Å²) in [5.74, 6) is -1.56. The number of benzene rings is 1. The SMILES string of the molecule is NC(=S)c1cc(F)c(NCC2CCC(=O)N2)c(F)c1. The molecule has 0 spiro atoms. The average molecular weight is 285 g/mol. The van der Waals surface area contributed by atoms with Crippen LogP contribution in [0.1, 0.15) is 18.4 Å². The second kappa shape index (κ2) is 5.48. The fraction of sp³-hybridized carbons (Fsp3) is 0.333. The van der Waals surface area contributed by atoms with Crippen molar-refractivity contribution in [2.45, 2.75) is 18.9 Å². The van der Waals surface area contributed by atoms with Crippen molar-refractivity contribution in [3.8, 4) is 0 Å². The molecule has 4 N–H and O–H groups in total. The van der Waals surface area contributed by atoms with Crippen molar-refractivity contribution in [1.29, 1.82) is 0 Å². The minimum absolute atomic E-state index is 0.0448. The van der Waals surface area contributed by atoms with E-state index in [1.807, 2.05) is 0 Å². The first-order valence-corrected chi connectivity index (χ1v) is 6.20. The van der Waals surface area contributed by atoms with Crippen molar-refractivity contribution in [3.63, 3.8) is 0 Å². The third-order valence-corrected chi connectivity index (χ3v) is 3.17. The van der Waals surface area contributed by atoms with Crippen LogP contribution in [-0.4, -0.2) is 23.5 Å². The minimum atomic E-state index is -0.757. The van der Waals surface area contributed by atoms with Crippen LogP contribution in [0.5, 0.6) is 0 Å². The van der Waals surface area contributed by atoms with Crippen LogP contribution in [-0.2, 0) is 4.79 Å². The van der Waals surface area contributed by atoms with E-state index >= 15 is 0 Å². The topological polar surface area (TPSA) is 67.1 Å². The molecular weight excluding hydrogens is 272 g/mol. The van der Waals surface area contributed by atoms with E-state index in [2.05, 4.69) is 22.9 Å². The third kappa shape index (κ3) is 3.17. The highest BCUT2D eigenvalue weighted by atomic mass is 32.1. The first-order chi connectivity index (χ1) is 8.97. The van der Waals surface area contributed by atoms with Gasteiger partial charge in [-0.2, -0.15) is 0 Å². The predicted molar refractivity (Wildman–Crippen MR) is 71.9 cm³/mol. The molecule has 102 valence electrons. The standard InChI is InChI=1S/C12H13F2N3OS/c13-8-3-6(12(15)19)4-9(14)11(8)16-5-7-1-2-10(18)17-7/h3-4,7,16H,1-2,5H2,(H2,15,19)(H,17,18). The summed E-state index contributed by atoms with van der Waals surface area (Å²) in [6.07, 6.45) is 1.09. The van der Waals surface area contributed by atoms with Crippen molar-refractivity contribution in [2.24, 2.45) is 5.73 Å². The number of hydrogen-bond acceptors (Lipinski definition) is 3. The molecule has 0 radical (unpaired) electrons. The molecule has 1 aromatic rings. The van der Waals surface area contributed by atoms with Crippen LogP contribution in [0.4, 0.5) is 14.5 Å². The van der Waals surface area contributed by atoms with Gasteiger partial charge in [-0.05, 0) is 18.6 Å². The van der Waals surface area contributed by atoms with E-state index in [0.717, 1.165) is 12.1 Å².